The molecule has 0 unspecified atom stereocenters. The molecule has 2 aromatic heterocycles. The third-order valence-corrected chi connectivity index (χ3v) is 5.81. The molecule has 2 N–H and O–H groups in total. The Balaban J connectivity index is 1.82. The van der Waals surface area contributed by atoms with Crippen molar-refractivity contribution in [1.82, 2.24) is 20.4 Å². The van der Waals surface area contributed by atoms with Gasteiger partial charge in [0.15, 0.2) is 11.5 Å². The molecule has 1 aliphatic rings. The number of benzene rings is 1. The van der Waals surface area contributed by atoms with Crippen molar-refractivity contribution < 1.29 is 14.4 Å². The van der Waals surface area contributed by atoms with E-state index in [0.717, 1.165) is 12.0 Å². The van der Waals surface area contributed by atoms with Crippen molar-refractivity contribution in [2.45, 2.75) is 50.7 Å². The fourth-order valence-corrected chi connectivity index (χ4v) is 3.91. The van der Waals surface area contributed by atoms with Gasteiger partial charge in [0.05, 0.1) is 11.9 Å². The predicted octanol–water partition coefficient (Wildman–Crippen LogP) is 3.25. The van der Waals surface area contributed by atoms with Gasteiger partial charge in [0.2, 0.25) is 0 Å². The molecule has 1 aliphatic heterocycles. The minimum Gasteiger partial charge on any atom is -0.384 e. The van der Waals surface area contributed by atoms with E-state index in [9.17, 15) is 9.90 Å². The number of nitrogens with zero attached hydrogens (tertiary/aromatic N) is 3. The summed E-state index contributed by atoms with van der Waals surface area (Å²) in [5, 5.41) is 17.8. The number of carbonyl (C=O) groups is 1. The molecule has 0 bridgehead atoms. The highest BCUT2D eigenvalue weighted by Gasteiger charge is 2.47. The van der Waals surface area contributed by atoms with Gasteiger partial charge in [-0.05, 0) is 33.6 Å². The molecule has 3 heterocycles. The summed E-state index contributed by atoms with van der Waals surface area (Å²) in [6.45, 7) is 5.83. The summed E-state index contributed by atoms with van der Waals surface area (Å²) in [6, 6.07) is 9.45. The zero-order valence-corrected chi connectivity index (χ0v) is 17.4. The van der Waals surface area contributed by atoms with Gasteiger partial charge in [-0.3, -0.25) is 14.8 Å². The van der Waals surface area contributed by atoms with Crippen LogP contribution in [0.5, 0.6) is 0 Å². The van der Waals surface area contributed by atoms with Crippen LogP contribution < -0.4 is 5.32 Å². The number of piperidine rings is 1. The number of aromatic nitrogens is 3. The van der Waals surface area contributed by atoms with Crippen LogP contribution >= 0.6 is 0 Å². The summed E-state index contributed by atoms with van der Waals surface area (Å²) in [4.78, 5) is 22.6. The zero-order valence-electron chi connectivity index (χ0n) is 17.4. The molecule has 0 aliphatic carbocycles. The molecule has 1 aromatic carbocycles. The Bertz CT molecular complexity index is 1030. The monoisotopic (exact) mass is 406 g/mol. The van der Waals surface area contributed by atoms with Gasteiger partial charge in [-0.2, -0.15) is 0 Å². The standard InChI is InChI=1S/C23H26N4O3/c1-15-8-9-23(14-26-15,20-12-19(27-30-20)22(2,3)29)21(28)17-7-5-4-6-16(17)18-13-24-10-11-25-18/h4-7,10-13,15,26,29H,8-9,14H2,1-3H3/t15-,23-/m1/s1. The second-order valence-corrected chi connectivity index (χ2v) is 8.50. The zero-order chi connectivity index (χ0) is 21.4. The number of rotatable bonds is 5. The molecule has 7 heteroatoms. The summed E-state index contributed by atoms with van der Waals surface area (Å²) >= 11 is 0. The molecular formula is C23H26N4O3. The fourth-order valence-electron chi connectivity index (χ4n) is 3.91. The topological polar surface area (TPSA) is 101 Å². The molecule has 1 saturated heterocycles. The van der Waals surface area contributed by atoms with Crippen molar-refractivity contribution >= 4 is 5.78 Å². The van der Waals surface area contributed by atoms with Crippen molar-refractivity contribution in [2.75, 3.05) is 6.54 Å². The van der Waals surface area contributed by atoms with Gasteiger partial charge in [-0.1, -0.05) is 29.4 Å². The predicted molar refractivity (Wildman–Crippen MR) is 112 cm³/mol. The Morgan fingerprint density at radius 1 is 1.30 bits per heavy atom. The van der Waals surface area contributed by atoms with Gasteiger partial charge in [0.1, 0.15) is 16.7 Å². The lowest BCUT2D eigenvalue weighted by atomic mass is 9.70. The van der Waals surface area contributed by atoms with Crippen molar-refractivity contribution in [3.63, 3.8) is 0 Å². The molecule has 1 fully saturated rings. The molecule has 3 aromatic rings. The lowest BCUT2D eigenvalue weighted by Gasteiger charge is -2.37. The Morgan fingerprint density at radius 2 is 2.10 bits per heavy atom. The fraction of sp³-hybridized carbons (Fsp3) is 0.391. The highest BCUT2D eigenvalue weighted by Crippen LogP contribution is 2.39. The number of hydrogen-bond acceptors (Lipinski definition) is 7. The summed E-state index contributed by atoms with van der Waals surface area (Å²) in [5.41, 5.74) is 0.278. The van der Waals surface area contributed by atoms with E-state index < -0.39 is 11.0 Å². The van der Waals surface area contributed by atoms with Crippen LogP contribution in [0, 0.1) is 0 Å². The number of ketones is 1. The maximum absolute atomic E-state index is 14.0. The number of carbonyl (C=O) groups excluding carboxylic acids is 1. The smallest absolute Gasteiger partial charge is 0.178 e. The second-order valence-electron chi connectivity index (χ2n) is 8.50. The van der Waals surface area contributed by atoms with Crippen LogP contribution in [0.25, 0.3) is 11.3 Å². The number of nitrogens with one attached hydrogen (secondary N) is 1. The van der Waals surface area contributed by atoms with Gasteiger partial charge in [0.25, 0.3) is 0 Å². The first-order chi connectivity index (χ1) is 14.3. The van der Waals surface area contributed by atoms with E-state index in [1.807, 2.05) is 24.3 Å². The lowest BCUT2D eigenvalue weighted by Crippen LogP contribution is -2.52. The van der Waals surface area contributed by atoms with E-state index in [1.54, 1.807) is 38.5 Å². The van der Waals surface area contributed by atoms with Crippen LogP contribution in [-0.4, -0.2) is 38.6 Å². The Labute approximate surface area is 175 Å². The van der Waals surface area contributed by atoms with Gasteiger partial charge in [-0.25, -0.2) is 0 Å². The van der Waals surface area contributed by atoms with Crippen LogP contribution in [0.4, 0.5) is 0 Å². The van der Waals surface area contributed by atoms with E-state index in [4.69, 9.17) is 4.52 Å². The van der Waals surface area contributed by atoms with Crippen LogP contribution in [0.3, 0.4) is 0 Å². The SMILES string of the molecule is C[C@@H]1CC[C@](C(=O)c2ccccc2-c2cnccn2)(c2cc(C(C)(C)O)no2)CN1. The van der Waals surface area contributed by atoms with Gasteiger partial charge >= 0.3 is 0 Å². The highest BCUT2D eigenvalue weighted by atomic mass is 16.5. The Hall–Kier alpha value is -2.90. The highest BCUT2D eigenvalue weighted by molar-refractivity contribution is 6.08. The van der Waals surface area contributed by atoms with Crippen molar-refractivity contribution in [1.29, 1.82) is 0 Å². The van der Waals surface area contributed by atoms with Crippen molar-refractivity contribution in [2.24, 2.45) is 0 Å². The molecule has 30 heavy (non-hydrogen) atoms. The van der Waals surface area contributed by atoms with Gasteiger partial charge in [-0.15, -0.1) is 0 Å². The van der Waals surface area contributed by atoms with Crippen LogP contribution in [-0.2, 0) is 11.0 Å². The maximum Gasteiger partial charge on any atom is 0.178 e. The Kier molecular flexibility index (Phi) is 5.26. The second kappa shape index (κ2) is 7.74. The van der Waals surface area contributed by atoms with E-state index in [2.05, 4.69) is 27.4 Å². The Morgan fingerprint density at radius 3 is 2.73 bits per heavy atom. The molecule has 0 spiro atoms. The number of hydrogen-bond donors (Lipinski definition) is 2. The quantitative estimate of drug-likeness (QED) is 0.627. The largest absolute Gasteiger partial charge is 0.384 e. The van der Waals surface area contributed by atoms with E-state index in [0.29, 0.717) is 41.7 Å². The molecular weight excluding hydrogens is 380 g/mol. The summed E-state index contributed by atoms with van der Waals surface area (Å²) in [7, 11) is 0. The molecule has 0 saturated carbocycles. The van der Waals surface area contributed by atoms with Crippen molar-refractivity contribution in [3.05, 3.63) is 65.9 Å². The molecule has 0 amide bonds. The molecule has 0 radical (unpaired) electrons. The van der Waals surface area contributed by atoms with Gasteiger partial charge < -0.3 is 14.9 Å². The molecule has 156 valence electrons. The average molecular weight is 406 g/mol. The molecule has 2 atom stereocenters. The molecule has 4 rings (SSSR count). The van der Waals surface area contributed by atoms with Gasteiger partial charge in [0, 0.05) is 42.2 Å². The number of aliphatic hydroxyl groups is 1. The summed E-state index contributed by atoms with van der Waals surface area (Å²) < 4.78 is 5.66. The minimum atomic E-state index is -1.15. The average Bonchev–Trinajstić information content (AvgIpc) is 3.26. The minimum absolute atomic E-state index is 0.0541. The van der Waals surface area contributed by atoms with Crippen LogP contribution in [0.15, 0.2) is 53.4 Å². The van der Waals surface area contributed by atoms with Crippen LogP contribution in [0.2, 0.25) is 0 Å². The normalized spacial score (nSPS) is 22.1. The third-order valence-electron chi connectivity index (χ3n) is 5.81. The van der Waals surface area contributed by atoms with E-state index in [-0.39, 0.29) is 5.78 Å². The first-order valence-corrected chi connectivity index (χ1v) is 10.1. The number of Topliss-reactive ketones (excluding diaryl/α,β-unsaturated/α-hetero) is 1. The summed E-state index contributed by atoms with van der Waals surface area (Å²) in [5.74, 6) is 0.416. The third kappa shape index (κ3) is 3.66. The molecule has 7 nitrogen and oxygen atoms in total. The van der Waals surface area contributed by atoms with E-state index in [1.165, 1.54) is 0 Å². The first-order valence-electron chi connectivity index (χ1n) is 10.1. The maximum atomic E-state index is 14.0. The van der Waals surface area contributed by atoms with Crippen molar-refractivity contribution in [3.8, 4) is 11.3 Å². The van der Waals surface area contributed by atoms with E-state index >= 15 is 0 Å². The first kappa shape index (κ1) is 20.4. The summed E-state index contributed by atoms with van der Waals surface area (Å²) in [6.07, 6.45) is 6.31. The van der Waals surface area contributed by atoms with Crippen LogP contribution in [0.1, 0.15) is 55.4 Å². The lowest BCUT2D eigenvalue weighted by molar-refractivity contribution is 0.0695.